The molecule has 1 aliphatic rings. The molecule has 150 valence electrons. The molecule has 2 aromatic rings. The molecule has 1 unspecified atom stereocenters. The van der Waals surface area contributed by atoms with E-state index in [1.54, 1.807) is 12.1 Å². The highest BCUT2D eigenvalue weighted by molar-refractivity contribution is 5.78. The summed E-state index contributed by atoms with van der Waals surface area (Å²) in [4.78, 5) is 14.6. The van der Waals surface area contributed by atoms with Crippen molar-refractivity contribution in [1.82, 2.24) is 15.5 Å². The molecule has 1 heterocycles. The molecule has 0 spiro atoms. The number of nitrogens with one attached hydrogen (secondary N) is 2. The maximum absolute atomic E-state index is 13.6. The van der Waals surface area contributed by atoms with E-state index in [1.807, 2.05) is 37.3 Å². The zero-order chi connectivity index (χ0) is 19.8. The second kappa shape index (κ2) is 10.3. The Morgan fingerprint density at radius 3 is 2.79 bits per heavy atom. The molecule has 5 nitrogen and oxygen atoms in total. The smallest absolute Gasteiger partial charge is 0.234 e. The van der Waals surface area contributed by atoms with Crippen molar-refractivity contribution in [2.45, 2.75) is 26.1 Å². The van der Waals surface area contributed by atoms with Crippen LogP contribution in [0.3, 0.4) is 0 Å². The van der Waals surface area contributed by atoms with Crippen molar-refractivity contribution in [3.8, 4) is 0 Å². The number of amides is 1. The van der Waals surface area contributed by atoms with E-state index in [0.717, 1.165) is 29.8 Å². The van der Waals surface area contributed by atoms with Crippen LogP contribution in [0.2, 0.25) is 0 Å². The van der Waals surface area contributed by atoms with E-state index in [2.05, 4.69) is 15.5 Å². The third-order valence-corrected chi connectivity index (χ3v) is 4.92. The first-order valence-electron chi connectivity index (χ1n) is 9.78. The highest BCUT2D eigenvalue weighted by Crippen LogP contribution is 2.22. The first kappa shape index (κ1) is 20.5. The van der Waals surface area contributed by atoms with E-state index in [0.29, 0.717) is 32.8 Å². The lowest BCUT2D eigenvalue weighted by molar-refractivity contribution is -0.123. The number of carbonyl (C=O) groups is 1. The van der Waals surface area contributed by atoms with Gasteiger partial charge < -0.3 is 15.4 Å². The average molecular weight is 385 g/mol. The quantitative estimate of drug-likeness (QED) is 0.734. The van der Waals surface area contributed by atoms with Gasteiger partial charge in [-0.3, -0.25) is 9.69 Å². The second-order valence-electron chi connectivity index (χ2n) is 6.98. The van der Waals surface area contributed by atoms with E-state index in [9.17, 15) is 9.18 Å². The largest absolute Gasteiger partial charge is 0.377 e. The zero-order valence-electron chi connectivity index (χ0n) is 16.3. The van der Waals surface area contributed by atoms with Gasteiger partial charge in [-0.15, -0.1) is 0 Å². The molecule has 3 rings (SSSR count). The molecule has 1 atom stereocenters. The van der Waals surface area contributed by atoms with E-state index in [-0.39, 0.29) is 17.8 Å². The highest BCUT2D eigenvalue weighted by Gasteiger charge is 2.25. The Kier molecular flexibility index (Phi) is 7.54. The van der Waals surface area contributed by atoms with Crippen LogP contribution in [0.4, 0.5) is 4.39 Å². The Balaban J connectivity index is 1.52. The van der Waals surface area contributed by atoms with Crippen LogP contribution in [0.15, 0.2) is 48.5 Å². The number of nitrogens with zero attached hydrogens (tertiary/aromatic N) is 1. The molecule has 0 aromatic heterocycles. The first-order chi connectivity index (χ1) is 13.7. The van der Waals surface area contributed by atoms with Gasteiger partial charge in [0.05, 0.1) is 13.2 Å². The Morgan fingerprint density at radius 1 is 1.25 bits per heavy atom. The predicted molar refractivity (Wildman–Crippen MR) is 107 cm³/mol. The van der Waals surface area contributed by atoms with Gasteiger partial charge in [-0.2, -0.15) is 0 Å². The molecule has 1 aliphatic heterocycles. The van der Waals surface area contributed by atoms with Gasteiger partial charge in [-0.05, 0) is 35.7 Å². The lowest BCUT2D eigenvalue weighted by atomic mass is 10.0. The maximum atomic E-state index is 13.6. The van der Waals surface area contributed by atoms with Crippen molar-refractivity contribution >= 4 is 5.91 Å². The lowest BCUT2D eigenvalue weighted by Crippen LogP contribution is -2.49. The minimum absolute atomic E-state index is 0.00644. The summed E-state index contributed by atoms with van der Waals surface area (Å²) >= 11 is 0. The number of rotatable bonds is 8. The number of halogens is 1. The van der Waals surface area contributed by atoms with Gasteiger partial charge in [0.15, 0.2) is 0 Å². The topological polar surface area (TPSA) is 53.6 Å². The Bertz CT molecular complexity index is 767. The summed E-state index contributed by atoms with van der Waals surface area (Å²) in [5.41, 5.74) is 3.07. The molecule has 2 N–H and O–H groups in total. The maximum Gasteiger partial charge on any atom is 0.234 e. The van der Waals surface area contributed by atoms with Gasteiger partial charge >= 0.3 is 0 Å². The van der Waals surface area contributed by atoms with Gasteiger partial charge in [-0.25, -0.2) is 4.39 Å². The van der Waals surface area contributed by atoms with Crippen molar-refractivity contribution in [3.63, 3.8) is 0 Å². The van der Waals surface area contributed by atoms with Crippen molar-refractivity contribution in [2.24, 2.45) is 0 Å². The SMILES string of the molecule is CCOCc1ccc(CNC(=O)CN2CCNCC2c2cccc(F)c2)cc1. The number of carbonyl (C=O) groups excluding carboxylic acids is 1. The zero-order valence-corrected chi connectivity index (χ0v) is 16.3. The summed E-state index contributed by atoms with van der Waals surface area (Å²) in [7, 11) is 0. The van der Waals surface area contributed by atoms with Crippen LogP contribution in [0.1, 0.15) is 29.7 Å². The highest BCUT2D eigenvalue weighted by atomic mass is 19.1. The molecule has 1 saturated heterocycles. The molecule has 0 aliphatic carbocycles. The van der Waals surface area contributed by atoms with Crippen molar-refractivity contribution < 1.29 is 13.9 Å². The molecule has 2 aromatic carbocycles. The van der Waals surface area contributed by atoms with Crippen LogP contribution in [0, 0.1) is 5.82 Å². The van der Waals surface area contributed by atoms with Crippen molar-refractivity contribution in [1.29, 1.82) is 0 Å². The van der Waals surface area contributed by atoms with Crippen LogP contribution in [0.5, 0.6) is 0 Å². The summed E-state index contributed by atoms with van der Waals surface area (Å²) in [6.07, 6.45) is 0. The van der Waals surface area contributed by atoms with Crippen LogP contribution < -0.4 is 10.6 Å². The van der Waals surface area contributed by atoms with E-state index < -0.39 is 0 Å². The number of piperazine rings is 1. The Labute approximate surface area is 165 Å². The normalized spacial score (nSPS) is 17.4. The molecule has 0 radical (unpaired) electrons. The fourth-order valence-corrected chi connectivity index (χ4v) is 3.39. The van der Waals surface area contributed by atoms with E-state index >= 15 is 0 Å². The van der Waals surface area contributed by atoms with Crippen molar-refractivity contribution in [2.75, 3.05) is 32.8 Å². The summed E-state index contributed by atoms with van der Waals surface area (Å²) < 4.78 is 19.0. The van der Waals surface area contributed by atoms with Gasteiger partial charge in [0.25, 0.3) is 0 Å². The third-order valence-electron chi connectivity index (χ3n) is 4.92. The number of hydrogen-bond acceptors (Lipinski definition) is 4. The molecule has 1 amide bonds. The van der Waals surface area contributed by atoms with Crippen molar-refractivity contribution in [3.05, 3.63) is 71.0 Å². The second-order valence-corrected chi connectivity index (χ2v) is 6.98. The van der Waals surface area contributed by atoms with Gasteiger partial charge in [0, 0.05) is 38.8 Å². The van der Waals surface area contributed by atoms with Crippen LogP contribution in [-0.2, 0) is 22.7 Å². The fourth-order valence-electron chi connectivity index (χ4n) is 3.39. The molecule has 28 heavy (non-hydrogen) atoms. The van der Waals surface area contributed by atoms with Gasteiger partial charge in [-0.1, -0.05) is 36.4 Å². The fraction of sp³-hybridized carbons (Fsp3) is 0.409. The molecule has 6 heteroatoms. The lowest BCUT2D eigenvalue weighted by Gasteiger charge is -2.36. The van der Waals surface area contributed by atoms with Gasteiger partial charge in [0.2, 0.25) is 5.91 Å². The van der Waals surface area contributed by atoms with Crippen LogP contribution in [0.25, 0.3) is 0 Å². The monoisotopic (exact) mass is 385 g/mol. The minimum Gasteiger partial charge on any atom is -0.377 e. The predicted octanol–water partition coefficient (Wildman–Crippen LogP) is 2.62. The molecular formula is C22H28FN3O2. The van der Waals surface area contributed by atoms with Gasteiger partial charge in [0.1, 0.15) is 5.82 Å². The molecular weight excluding hydrogens is 357 g/mol. The summed E-state index contributed by atoms with van der Waals surface area (Å²) in [5, 5.41) is 6.31. The first-order valence-corrected chi connectivity index (χ1v) is 9.78. The van der Waals surface area contributed by atoms with E-state index in [4.69, 9.17) is 4.74 Å². The standard InChI is InChI=1S/C22H28FN3O2/c1-2-28-16-18-8-6-17(7-9-18)13-25-22(27)15-26-11-10-24-14-21(26)19-4-3-5-20(23)12-19/h3-9,12,21,24H,2,10-11,13-16H2,1H3,(H,25,27). The number of ether oxygens (including phenoxy) is 1. The molecule has 0 saturated carbocycles. The summed E-state index contributed by atoms with van der Waals surface area (Å²) in [5.74, 6) is -0.276. The number of benzene rings is 2. The summed E-state index contributed by atoms with van der Waals surface area (Å²) in [6.45, 7) is 6.34. The van der Waals surface area contributed by atoms with E-state index in [1.165, 1.54) is 6.07 Å². The van der Waals surface area contributed by atoms with Crippen LogP contribution in [-0.4, -0.2) is 43.6 Å². The molecule has 1 fully saturated rings. The third kappa shape index (κ3) is 5.86. The average Bonchev–Trinajstić information content (AvgIpc) is 2.72. The number of hydrogen-bond donors (Lipinski definition) is 2. The minimum atomic E-state index is -0.250. The Morgan fingerprint density at radius 2 is 2.04 bits per heavy atom. The van der Waals surface area contributed by atoms with Crippen LogP contribution >= 0.6 is 0 Å². The summed E-state index contributed by atoms with van der Waals surface area (Å²) in [6, 6.07) is 14.7. The molecule has 0 bridgehead atoms. The Hall–Kier alpha value is -2.28.